The minimum Gasteiger partial charge on any atom is -0.491 e. The summed E-state index contributed by atoms with van der Waals surface area (Å²) in [6.45, 7) is 2.67. The van der Waals surface area contributed by atoms with Gasteiger partial charge < -0.3 is 19.8 Å². The molecular weight excluding hydrogens is 522 g/mol. The Hall–Kier alpha value is -4.54. The Bertz CT molecular complexity index is 1630. The Labute approximate surface area is 237 Å². The number of carbonyl (C=O) groups excluding carboxylic acids is 1. The number of ether oxygens (including phenoxy) is 1. The van der Waals surface area contributed by atoms with E-state index < -0.39 is 17.4 Å². The van der Waals surface area contributed by atoms with E-state index in [0.717, 1.165) is 11.3 Å². The number of aliphatic hydroxyl groups excluding tert-OH is 1. The van der Waals surface area contributed by atoms with E-state index in [1.165, 1.54) is 11.7 Å². The second-order valence-electron chi connectivity index (χ2n) is 10.0. The van der Waals surface area contributed by atoms with Crippen molar-refractivity contribution < 1.29 is 19.7 Å². The fraction of sp³-hybridized carbons (Fsp3) is 0.290. The number of anilines is 1. The average Bonchev–Trinajstić information content (AvgIpc) is 3.52. The molecule has 3 heterocycles. The molecule has 0 bridgehead atoms. The van der Waals surface area contributed by atoms with Crippen LogP contribution in [0, 0.1) is 5.92 Å². The van der Waals surface area contributed by atoms with Crippen LogP contribution in [-0.4, -0.2) is 49.4 Å². The summed E-state index contributed by atoms with van der Waals surface area (Å²) >= 11 is 0. The van der Waals surface area contributed by atoms with E-state index >= 15 is 0 Å². The molecular formula is C31H33N5O5. The van der Waals surface area contributed by atoms with Crippen molar-refractivity contribution in [3.63, 3.8) is 0 Å². The fourth-order valence-corrected chi connectivity index (χ4v) is 5.20. The maximum absolute atomic E-state index is 13.9. The van der Waals surface area contributed by atoms with Crippen molar-refractivity contribution >= 4 is 11.6 Å². The maximum Gasteiger partial charge on any atom is 0.297 e. The lowest BCUT2D eigenvalue weighted by Gasteiger charge is -2.27. The second-order valence-corrected chi connectivity index (χ2v) is 10.0. The highest BCUT2D eigenvalue weighted by molar-refractivity contribution is 6.07. The smallest absolute Gasteiger partial charge is 0.297 e. The van der Waals surface area contributed by atoms with Gasteiger partial charge in [0, 0.05) is 49.1 Å². The molecule has 4 aromatic rings. The first-order valence-electron chi connectivity index (χ1n) is 13.5. The first-order chi connectivity index (χ1) is 19.9. The number of pyridine rings is 1. The van der Waals surface area contributed by atoms with E-state index in [9.17, 15) is 14.7 Å². The minimum absolute atomic E-state index is 0.0228. The third kappa shape index (κ3) is 5.44. The second kappa shape index (κ2) is 11.9. The SMILES string of the molecule is COc1cccn(-c2cccc(CN3C(=O)[C@](O)([C@H](C)/C=C/CCn4cc(CCO)nn4)c4ccccc43)c2)c1=O. The van der Waals surface area contributed by atoms with Crippen LogP contribution >= 0.6 is 0 Å². The molecule has 10 heteroatoms. The van der Waals surface area contributed by atoms with Crippen LogP contribution in [0.3, 0.4) is 0 Å². The normalized spacial score (nSPS) is 17.3. The molecule has 41 heavy (non-hydrogen) atoms. The van der Waals surface area contributed by atoms with Crippen LogP contribution in [0.4, 0.5) is 5.69 Å². The Morgan fingerprint density at radius 3 is 2.73 bits per heavy atom. The number of hydrogen-bond donors (Lipinski definition) is 2. The lowest BCUT2D eigenvalue weighted by atomic mass is 9.83. The van der Waals surface area contributed by atoms with Crippen molar-refractivity contribution in [2.75, 3.05) is 18.6 Å². The molecule has 0 unspecified atom stereocenters. The van der Waals surface area contributed by atoms with Crippen molar-refractivity contribution in [3.05, 3.63) is 112 Å². The molecule has 5 rings (SSSR count). The van der Waals surface area contributed by atoms with Gasteiger partial charge in [-0.2, -0.15) is 0 Å². The summed E-state index contributed by atoms with van der Waals surface area (Å²) < 4.78 is 8.38. The van der Waals surface area contributed by atoms with Gasteiger partial charge in [-0.25, -0.2) is 0 Å². The van der Waals surface area contributed by atoms with Crippen LogP contribution < -0.4 is 15.2 Å². The summed E-state index contributed by atoms with van der Waals surface area (Å²) in [5, 5.41) is 29.0. The number of aromatic nitrogens is 4. The zero-order chi connectivity index (χ0) is 29.0. The molecule has 0 spiro atoms. The third-order valence-corrected chi connectivity index (χ3v) is 7.40. The van der Waals surface area contributed by atoms with E-state index in [0.29, 0.717) is 36.3 Å². The van der Waals surface area contributed by atoms with E-state index in [1.807, 2.05) is 61.5 Å². The number of rotatable bonds is 11. The zero-order valence-electron chi connectivity index (χ0n) is 23.1. The van der Waals surface area contributed by atoms with Crippen molar-refractivity contribution in [2.45, 2.75) is 38.5 Å². The number of benzene rings is 2. The Morgan fingerprint density at radius 1 is 1.10 bits per heavy atom. The maximum atomic E-state index is 13.9. The largest absolute Gasteiger partial charge is 0.491 e. The van der Waals surface area contributed by atoms with Gasteiger partial charge in [-0.05, 0) is 42.3 Å². The summed E-state index contributed by atoms with van der Waals surface area (Å²) in [5.74, 6) is -0.658. The molecule has 0 radical (unpaired) electrons. The molecule has 2 atom stereocenters. The number of allylic oxidation sites excluding steroid dienone is 1. The summed E-state index contributed by atoms with van der Waals surface area (Å²) in [6, 6.07) is 18.1. The predicted octanol–water partition coefficient (Wildman–Crippen LogP) is 2.99. The van der Waals surface area contributed by atoms with Crippen LogP contribution in [-0.2, 0) is 29.9 Å². The van der Waals surface area contributed by atoms with Crippen molar-refractivity contribution in [1.82, 2.24) is 19.6 Å². The van der Waals surface area contributed by atoms with Crippen molar-refractivity contribution in [3.8, 4) is 11.4 Å². The van der Waals surface area contributed by atoms with E-state index in [1.54, 1.807) is 40.2 Å². The molecule has 1 aliphatic heterocycles. The predicted molar refractivity (Wildman–Crippen MR) is 154 cm³/mol. The third-order valence-electron chi connectivity index (χ3n) is 7.40. The van der Waals surface area contributed by atoms with Gasteiger partial charge in [0.2, 0.25) is 0 Å². The van der Waals surface area contributed by atoms with Gasteiger partial charge in [0.1, 0.15) is 0 Å². The van der Waals surface area contributed by atoms with Gasteiger partial charge in [0.25, 0.3) is 11.5 Å². The molecule has 212 valence electrons. The summed E-state index contributed by atoms with van der Waals surface area (Å²) in [4.78, 5) is 28.2. The molecule has 2 aromatic heterocycles. The summed E-state index contributed by atoms with van der Waals surface area (Å²) in [5.41, 5.74) is 1.40. The van der Waals surface area contributed by atoms with Crippen LogP contribution in [0.15, 0.2) is 90.0 Å². The summed E-state index contributed by atoms with van der Waals surface area (Å²) in [6.07, 6.45) is 8.36. The molecule has 0 aliphatic carbocycles. The van der Waals surface area contributed by atoms with Crippen LogP contribution in [0.1, 0.15) is 30.2 Å². The van der Waals surface area contributed by atoms with E-state index in [-0.39, 0.29) is 24.5 Å². The van der Waals surface area contributed by atoms with Crippen LogP contribution in [0.5, 0.6) is 5.75 Å². The van der Waals surface area contributed by atoms with E-state index in [2.05, 4.69) is 10.3 Å². The minimum atomic E-state index is -1.73. The number of hydrogen-bond acceptors (Lipinski definition) is 7. The number of para-hydroxylation sites is 1. The fourth-order valence-electron chi connectivity index (χ4n) is 5.20. The van der Waals surface area contributed by atoms with Gasteiger partial charge in [-0.3, -0.25) is 18.8 Å². The molecule has 0 saturated carbocycles. The highest BCUT2D eigenvalue weighted by atomic mass is 16.5. The number of methoxy groups -OCH3 is 1. The molecule has 1 amide bonds. The quantitative estimate of drug-likeness (QED) is 0.273. The van der Waals surface area contributed by atoms with Gasteiger partial charge >= 0.3 is 0 Å². The zero-order valence-corrected chi connectivity index (χ0v) is 23.1. The standard InChI is InChI=1S/C31H33N5O5/c1-22(9-5-6-16-34-21-24(15-18-37)32-33-34)31(40)26-12-3-4-13-27(26)36(30(31)39)20-23-10-7-11-25(19-23)35-17-8-14-28(41-2)29(35)38/h3-5,7-14,17,19,21-22,37,40H,6,15-16,18,20H2,1-2H3/b9-5+/t22-,31+/m1/s1. The molecule has 0 fully saturated rings. The van der Waals surface area contributed by atoms with Crippen LogP contribution in [0.2, 0.25) is 0 Å². The monoisotopic (exact) mass is 555 g/mol. The lowest BCUT2D eigenvalue weighted by molar-refractivity contribution is -0.139. The lowest BCUT2D eigenvalue weighted by Crippen LogP contribution is -2.44. The topological polar surface area (TPSA) is 123 Å². The van der Waals surface area contributed by atoms with Gasteiger partial charge in [0.15, 0.2) is 11.4 Å². The van der Waals surface area contributed by atoms with Crippen LogP contribution in [0.25, 0.3) is 5.69 Å². The number of fused-ring (bicyclic) bond motifs is 1. The first-order valence-corrected chi connectivity index (χ1v) is 13.5. The number of aliphatic hydroxyl groups is 2. The van der Waals surface area contributed by atoms with Gasteiger partial charge in [-0.15, -0.1) is 5.10 Å². The van der Waals surface area contributed by atoms with Gasteiger partial charge in [0.05, 0.1) is 25.0 Å². The number of nitrogens with zero attached hydrogens (tertiary/aromatic N) is 5. The Balaban J connectivity index is 1.35. The number of aryl methyl sites for hydroxylation is 1. The summed E-state index contributed by atoms with van der Waals surface area (Å²) in [7, 11) is 1.46. The van der Waals surface area contributed by atoms with E-state index in [4.69, 9.17) is 9.84 Å². The highest BCUT2D eigenvalue weighted by Gasteiger charge is 2.52. The highest BCUT2D eigenvalue weighted by Crippen LogP contribution is 2.45. The Morgan fingerprint density at radius 2 is 1.93 bits per heavy atom. The first kappa shape index (κ1) is 28.0. The Kier molecular flexibility index (Phi) is 8.14. The van der Waals surface area contributed by atoms with Crippen molar-refractivity contribution in [1.29, 1.82) is 0 Å². The average molecular weight is 556 g/mol. The molecule has 0 saturated heterocycles. The molecule has 1 aliphatic rings. The molecule has 10 nitrogen and oxygen atoms in total. The van der Waals surface area contributed by atoms with Crippen molar-refractivity contribution in [2.24, 2.45) is 5.92 Å². The van der Waals surface area contributed by atoms with Gasteiger partial charge in [-0.1, -0.05) is 54.6 Å². The number of carbonyl (C=O) groups is 1. The molecule has 2 aromatic carbocycles. The number of amides is 1. The molecule has 2 N–H and O–H groups in total.